The summed E-state index contributed by atoms with van der Waals surface area (Å²) in [6, 6.07) is 7.60. The van der Waals surface area contributed by atoms with Crippen LogP contribution in [0.1, 0.15) is 6.92 Å². The van der Waals surface area contributed by atoms with Gasteiger partial charge in [0.1, 0.15) is 77.6 Å². The highest BCUT2D eigenvalue weighted by Crippen LogP contribution is 2.36. The second-order valence-corrected chi connectivity index (χ2v) is 10.9. The number of methoxy groups -OCH3 is 1. The molecule has 47 heavy (non-hydrogen) atoms. The number of rotatable bonds is 9. The Balaban J connectivity index is 1.50. The summed E-state index contributed by atoms with van der Waals surface area (Å²) < 4.78 is 38.7. The van der Waals surface area contributed by atoms with Gasteiger partial charge in [0.25, 0.3) is 0 Å². The van der Waals surface area contributed by atoms with Gasteiger partial charge in [0.15, 0.2) is 29.3 Å². The molecule has 2 fully saturated rings. The summed E-state index contributed by atoms with van der Waals surface area (Å²) in [5.41, 5.74) is -0.442. The van der Waals surface area contributed by atoms with Crippen LogP contribution in [-0.4, -0.2) is 129 Å². The highest BCUT2D eigenvalue weighted by molar-refractivity contribution is 5.86. The van der Waals surface area contributed by atoms with Gasteiger partial charge < -0.3 is 73.7 Å². The number of ether oxygens (including phenoxy) is 6. The number of esters is 1. The number of phenolic OH excluding ortho intramolecular Hbond substituents is 2. The number of benzene rings is 2. The minimum atomic E-state index is -1.90. The molecule has 0 unspecified atom stereocenters. The quantitative estimate of drug-likeness (QED) is 0.120. The maximum atomic E-state index is 13.0. The molecule has 256 valence electrons. The highest BCUT2D eigenvalue weighted by atomic mass is 16.8. The molecule has 0 radical (unpaired) electrons. The molecular weight excluding hydrogens is 632 g/mol. The molecule has 0 bridgehead atoms. The molecule has 3 aromatic rings. The first kappa shape index (κ1) is 34.3. The van der Waals surface area contributed by atoms with Crippen molar-refractivity contribution in [2.45, 2.75) is 68.3 Å². The van der Waals surface area contributed by atoms with E-state index in [0.717, 1.165) is 19.1 Å². The average molecular weight is 667 g/mol. The van der Waals surface area contributed by atoms with Gasteiger partial charge in [-0.25, -0.2) is 0 Å². The summed E-state index contributed by atoms with van der Waals surface area (Å²) in [6.07, 6.45) is -17.0. The zero-order valence-corrected chi connectivity index (χ0v) is 24.9. The fraction of sp³-hybridized carbons (Fsp3) is 0.467. The molecule has 1 aromatic heterocycles. The lowest BCUT2D eigenvalue weighted by Crippen LogP contribution is -2.65. The van der Waals surface area contributed by atoms with Crippen LogP contribution in [0.15, 0.2) is 45.6 Å². The van der Waals surface area contributed by atoms with Crippen molar-refractivity contribution in [1.29, 1.82) is 0 Å². The molecule has 0 saturated carbocycles. The van der Waals surface area contributed by atoms with Crippen molar-refractivity contribution >= 4 is 16.9 Å². The first-order valence-corrected chi connectivity index (χ1v) is 14.3. The summed E-state index contributed by atoms with van der Waals surface area (Å²) >= 11 is 0. The van der Waals surface area contributed by atoms with Crippen LogP contribution in [-0.2, 0) is 23.7 Å². The molecule has 17 heteroatoms. The molecule has 5 rings (SSSR count). The average Bonchev–Trinajstić information content (AvgIpc) is 3.03. The minimum Gasteiger partial charge on any atom is -0.507 e. The fourth-order valence-electron chi connectivity index (χ4n) is 5.24. The van der Waals surface area contributed by atoms with Crippen LogP contribution in [0.3, 0.4) is 0 Å². The predicted molar refractivity (Wildman–Crippen MR) is 154 cm³/mol. The third-order valence-electron chi connectivity index (χ3n) is 7.74. The van der Waals surface area contributed by atoms with E-state index in [2.05, 4.69) is 0 Å². The van der Waals surface area contributed by atoms with Crippen molar-refractivity contribution in [2.75, 3.05) is 20.3 Å². The van der Waals surface area contributed by atoms with E-state index in [0.29, 0.717) is 5.56 Å². The van der Waals surface area contributed by atoms with Gasteiger partial charge in [-0.05, 0) is 18.2 Å². The lowest BCUT2D eigenvalue weighted by atomic mass is 9.97. The second kappa shape index (κ2) is 14.0. The van der Waals surface area contributed by atoms with Gasteiger partial charge >= 0.3 is 5.97 Å². The maximum Gasteiger partial charge on any atom is 0.302 e. The number of phenols is 2. The molecule has 2 aliphatic rings. The van der Waals surface area contributed by atoms with E-state index in [-0.39, 0.29) is 34.0 Å². The smallest absolute Gasteiger partial charge is 0.302 e. The van der Waals surface area contributed by atoms with Crippen LogP contribution in [0.5, 0.6) is 23.0 Å². The van der Waals surface area contributed by atoms with E-state index in [4.69, 9.17) is 32.8 Å². The molecule has 2 aromatic carbocycles. The number of aromatic hydroxyl groups is 2. The zero-order chi connectivity index (χ0) is 34.2. The van der Waals surface area contributed by atoms with Gasteiger partial charge in [-0.3, -0.25) is 9.59 Å². The topological polar surface area (TPSA) is 264 Å². The number of hydrogen-bond acceptors (Lipinski definition) is 17. The lowest BCUT2D eigenvalue weighted by Gasteiger charge is -2.45. The number of carbonyl (C=O) groups is 1. The number of carbonyl (C=O) groups excluding carboxylic acids is 1. The van der Waals surface area contributed by atoms with Crippen molar-refractivity contribution < 1.29 is 78.5 Å². The van der Waals surface area contributed by atoms with E-state index < -0.39 is 91.8 Å². The van der Waals surface area contributed by atoms with E-state index >= 15 is 0 Å². The van der Waals surface area contributed by atoms with Gasteiger partial charge in [-0.2, -0.15) is 0 Å². The third kappa shape index (κ3) is 6.98. The van der Waals surface area contributed by atoms with Gasteiger partial charge in [0.2, 0.25) is 6.29 Å². The first-order valence-electron chi connectivity index (χ1n) is 14.3. The van der Waals surface area contributed by atoms with E-state index in [9.17, 15) is 50.4 Å². The van der Waals surface area contributed by atoms with Crippen molar-refractivity contribution in [3.05, 3.63) is 46.6 Å². The summed E-state index contributed by atoms with van der Waals surface area (Å²) in [5, 5.41) is 82.7. The fourth-order valence-corrected chi connectivity index (χ4v) is 5.24. The molecular formula is C30H34O17. The SMILES string of the molecule is COc1cc(-c2cc(=O)c3c(O)cc(O[C@H]4O[C@@H](COC(C)=O)[C@H](O)[C@@H](O)[C@@H]4O[C@H]4O[C@@H](CO)[C@H](O)[C@@H](O)[C@H]4O)cc3o2)ccc1O. The summed E-state index contributed by atoms with van der Waals surface area (Å²) in [5.74, 6) is -1.51. The van der Waals surface area contributed by atoms with Crippen LogP contribution < -0.4 is 14.9 Å². The molecule has 10 atom stereocenters. The van der Waals surface area contributed by atoms with Crippen molar-refractivity contribution in [1.82, 2.24) is 0 Å². The molecule has 8 N–H and O–H groups in total. The van der Waals surface area contributed by atoms with Gasteiger partial charge in [0.05, 0.1) is 13.7 Å². The van der Waals surface area contributed by atoms with E-state index in [1.54, 1.807) is 0 Å². The molecule has 0 aliphatic carbocycles. The van der Waals surface area contributed by atoms with Gasteiger partial charge in [0, 0.05) is 30.7 Å². The van der Waals surface area contributed by atoms with Crippen molar-refractivity contribution in [2.24, 2.45) is 0 Å². The Labute approximate surface area is 265 Å². The summed E-state index contributed by atoms with van der Waals surface area (Å²) in [6.45, 7) is -0.196. The van der Waals surface area contributed by atoms with E-state index in [1.165, 1.54) is 31.4 Å². The third-order valence-corrected chi connectivity index (χ3v) is 7.74. The molecule has 0 amide bonds. The summed E-state index contributed by atoms with van der Waals surface area (Å²) in [4.78, 5) is 24.4. The maximum absolute atomic E-state index is 13.0. The Kier molecular flexibility index (Phi) is 10.2. The Bertz CT molecular complexity index is 1640. The Hall–Kier alpha value is -4.04. The Morgan fingerprint density at radius 1 is 0.851 bits per heavy atom. The zero-order valence-electron chi connectivity index (χ0n) is 24.9. The number of aliphatic hydroxyl groups is 6. The van der Waals surface area contributed by atoms with Crippen LogP contribution in [0.25, 0.3) is 22.3 Å². The predicted octanol–water partition coefficient (Wildman–Crippen LogP) is -1.55. The molecule has 0 spiro atoms. The van der Waals surface area contributed by atoms with E-state index in [1.807, 2.05) is 0 Å². The minimum absolute atomic E-state index is 0.0371. The highest BCUT2D eigenvalue weighted by Gasteiger charge is 2.51. The monoisotopic (exact) mass is 666 g/mol. The standard InChI is InChI=1S/C30H34O17/c1-11(32)42-10-21-24(37)26(39)28(47-29-27(40)25(38)23(36)20(9-31)45-29)30(46-21)43-13-6-15(34)22-16(35)8-17(44-19(22)7-13)12-3-4-14(33)18(5-12)41-2/h3-8,20-21,23-31,33-34,36-40H,9-10H2,1-2H3/t20-,21-,23-,24-,25+,26+,27+,28-,29+,30-/m0/s1. The molecule has 3 heterocycles. The van der Waals surface area contributed by atoms with Crippen LogP contribution in [0, 0.1) is 0 Å². The summed E-state index contributed by atoms with van der Waals surface area (Å²) in [7, 11) is 1.34. The lowest BCUT2D eigenvalue weighted by molar-refractivity contribution is -0.358. The number of aliphatic hydroxyl groups excluding tert-OH is 6. The Morgan fingerprint density at radius 3 is 2.23 bits per heavy atom. The Morgan fingerprint density at radius 2 is 1.55 bits per heavy atom. The molecule has 2 saturated heterocycles. The van der Waals surface area contributed by atoms with Crippen molar-refractivity contribution in [3.8, 4) is 34.3 Å². The van der Waals surface area contributed by atoms with Crippen LogP contribution in [0.4, 0.5) is 0 Å². The van der Waals surface area contributed by atoms with Gasteiger partial charge in [-0.1, -0.05) is 0 Å². The van der Waals surface area contributed by atoms with Crippen LogP contribution in [0.2, 0.25) is 0 Å². The van der Waals surface area contributed by atoms with Crippen molar-refractivity contribution in [3.63, 3.8) is 0 Å². The number of hydrogen-bond donors (Lipinski definition) is 8. The second-order valence-electron chi connectivity index (χ2n) is 10.9. The largest absolute Gasteiger partial charge is 0.507 e. The normalized spacial score (nSPS) is 31.0. The molecule has 2 aliphatic heterocycles. The number of fused-ring (bicyclic) bond motifs is 1. The first-order chi connectivity index (χ1) is 22.3. The van der Waals surface area contributed by atoms with Crippen LogP contribution >= 0.6 is 0 Å². The van der Waals surface area contributed by atoms with Gasteiger partial charge in [-0.15, -0.1) is 0 Å². The molecule has 17 nitrogen and oxygen atoms in total.